The second kappa shape index (κ2) is 13.1. The first-order chi connectivity index (χ1) is 17.5. The normalized spacial score (nSPS) is 13.4. The topological polar surface area (TPSA) is 94.6 Å². The number of aryl methyl sites for hydroxylation is 1. The molecule has 0 saturated carbocycles. The van der Waals surface area contributed by atoms with Gasteiger partial charge in [0.1, 0.15) is 0 Å². The molecule has 0 aliphatic rings. The van der Waals surface area contributed by atoms with Crippen molar-refractivity contribution in [2.75, 3.05) is 19.0 Å². The molecule has 38 heavy (non-hydrogen) atoms. The van der Waals surface area contributed by atoms with E-state index in [1.54, 1.807) is 10.6 Å². The lowest BCUT2D eigenvalue weighted by Crippen LogP contribution is -2.32. The number of thioether (sulfide) groups is 1. The molecule has 0 saturated heterocycles. The summed E-state index contributed by atoms with van der Waals surface area (Å²) in [4.78, 5) is 0.692. The molecule has 0 spiro atoms. The SMILES string of the molecule is CCSc1cc(O)n(C(C)(C)CCOC(C)(C)Cc2cn(CCC(C)(C)OCCC(C)(C)CC)nn2)c1O. The van der Waals surface area contributed by atoms with Gasteiger partial charge in [-0.2, -0.15) is 0 Å². The molecule has 0 atom stereocenters. The third-order valence-electron chi connectivity index (χ3n) is 7.40. The molecule has 218 valence electrons. The summed E-state index contributed by atoms with van der Waals surface area (Å²) in [5.74, 6) is 0.994. The van der Waals surface area contributed by atoms with E-state index in [-0.39, 0.29) is 17.4 Å². The highest BCUT2D eigenvalue weighted by Crippen LogP contribution is 2.41. The lowest BCUT2D eigenvalue weighted by molar-refractivity contribution is -0.0375. The molecule has 0 radical (unpaired) electrons. The van der Waals surface area contributed by atoms with Crippen LogP contribution in [0.4, 0.5) is 0 Å². The molecule has 2 aromatic heterocycles. The zero-order valence-corrected chi connectivity index (χ0v) is 26.2. The van der Waals surface area contributed by atoms with E-state index < -0.39 is 11.1 Å². The lowest BCUT2D eigenvalue weighted by atomic mass is 9.87. The van der Waals surface area contributed by atoms with E-state index in [0.29, 0.717) is 29.8 Å². The predicted molar refractivity (Wildman–Crippen MR) is 155 cm³/mol. The molecule has 0 aliphatic carbocycles. The Morgan fingerprint density at radius 3 is 2.16 bits per heavy atom. The van der Waals surface area contributed by atoms with Gasteiger partial charge in [-0.1, -0.05) is 39.3 Å². The quantitative estimate of drug-likeness (QED) is 0.209. The fraction of sp³-hybridized carbons (Fsp3) is 0.793. The molecule has 2 aromatic rings. The Morgan fingerprint density at radius 2 is 1.53 bits per heavy atom. The summed E-state index contributed by atoms with van der Waals surface area (Å²) < 4.78 is 15.9. The van der Waals surface area contributed by atoms with Gasteiger partial charge in [0.25, 0.3) is 0 Å². The Balaban J connectivity index is 1.85. The standard InChI is InChI=1S/C29H52N4O4S/c1-11-26(3,4)14-17-36-28(7,8)13-16-32-21-22(30-31-32)20-29(9,10)37-18-15-27(5,6)33-24(34)19-23(25(33)35)38-12-2/h19,21,34-35H,11-18,20H2,1-10H3. The lowest BCUT2D eigenvalue weighted by Gasteiger charge is -2.31. The average molecular weight is 553 g/mol. The third-order valence-corrected chi connectivity index (χ3v) is 8.30. The van der Waals surface area contributed by atoms with Crippen LogP contribution < -0.4 is 0 Å². The minimum Gasteiger partial charge on any atom is -0.494 e. The number of rotatable bonds is 17. The van der Waals surface area contributed by atoms with Gasteiger partial charge >= 0.3 is 0 Å². The van der Waals surface area contributed by atoms with Crippen LogP contribution in [-0.4, -0.2) is 59.9 Å². The van der Waals surface area contributed by atoms with Crippen LogP contribution in [0.25, 0.3) is 0 Å². The van der Waals surface area contributed by atoms with Gasteiger partial charge in [-0.05, 0) is 72.0 Å². The minimum absolute atomic E-state index is 0.0673. The van der Waals surface area contributed by atoms with Crippen LogP contribution in [0.5, 0.6) is 11.8 Å². The van der Waals surface area contributed by atoms with Crippen LogP contribution in [0.2, 0.25) is 0 Å². The Labute approximate surface area is 234 Å². The van der Waals surface area contributed by atoms with Crippen molar-refractivity contribution in [1.29, 1.82) is 0 Å². The number of aromatic hydroxyl groups is 2. The summed E-state index contributed by atoms with van der Waals surface area (Å²) in [7, 11) is 0. The zero-order chi connectivity index (χ0) is 28.8. The smallest absolute Gasteiger partial charge is 0.208 e. The van der Waals surface area contributed by atoms with Crippen LogP contribution in [0.1, 0.15) is 101 Å². The second-order valence-electron chi connectivity index (χ2n) is 12.9. The summed E-state index contributed by atoms with van der Waals surface area (Å²) in [6.45, 7) is 23.2. The van der Waals surface area contributed by atoms with Crippen LogP contribution in [0, 0.1) is 5.41 Å². The first kappa shape index (κ1) is 32.5. The van der Waals surface area contributed by atoms with Crippen molar-refractivity contribution in [3.63, 3.8) is 0 Å². The van der Waals surface area contributed by atoms with Crippen molar-refractivity contribution in [1.82, 2.24) is 19.6 Å². The highest BCUT2D eigenvalue weighted by Gasteiger charge is 2.30. The second-order valence-corrected chi connectivity index (χ2v) is 14.2. The summed E-state index contributed by atoms with van der Waals surface area (Å²) in [5, 5.41) is 29.8. The maximum atomic E-state index is 10.6. The van der Waals surface area contributed by atoms with E-state index in [1.165, 1.54) is 11.8 Å². The van der Waals surface area contributed by atoms with Crippen molar-refractivity contribution in [3.8, 4) is 11.8 Å². The third kappa shape index (κ3) is 9.79. The molecule has 9 heteroatoms. The van der Waals surface area contributed by atoms with Crippen LogP contribution >= 0.6 is 11.8 Å². The van der Waals surface area contributed by atoms with Crippen molar-refractivity contribution in [2.45, 2.75) is 130 Å². The Hall–Kier alpha value is -1.71. The number of aromatic nitrogens is 4. The number of hydrogen-bond acceptors (Lipinski definition) is 7. The molecule has 2 N–H and O–H groups in total. The maximum Gasteiger partial charge on any atom is 0.208 e. The molecule has 2 rings (SSSR count). The van der Waals surface area contributed by atoms with Crippen LogP contribution in [0.15, 0.2) is 17.2 Å². The summed E-state index contributed by atoms with van der Waals surface area (Å²) in [6.07, 6.45) is 6.31. The molecular weight excluding hydrogens is 500 g/mol. The number of hydrogen-bond donors (Lipinski definition) is 2. The molecule has 2 heterocycles. The fourth-order valence-corrected chi connectivity index (χ4v) is 4.98. The largest absolute Gasteiger partial charge is 0.494 e. The van der Waals surface area contributed by atoms with E-state index in [0.717, 1.165) is 43.9 Å². The first-order valence-corrected chi connectivity index (χ1v) is 14.9. The van der Waals surface area contributed by atoms with Crippen molar-refractivity contribution >= 4 is 11.8 Å². The minimum atomic E-state index is -0.513. The van der Waals surface area contributed by atoms with Gasteiger partial charge in [0, 0.05) is 44.0 Å². The highest BCUT2D eigenvalue weighted by atomic mass is 32.2. The van der Waals surface area contributed by atoms with Crippen molar-refractivity contribution in [2.24, 2.45) is 5.41 Å². The van der Waals surface area contributed by atoms with Crippen molar-refractivity contribution in [3.05, 3.63) is 18.0 Å². The maximum absolute atomic E-state index is 10.6. The van der Waals surface area contributed by atoms with Gasteiger partial charge < -0.3 is 19.7 Å². The van der Waals surface area contributed by atoms with Gasteiger partial charge in [0.2, 0.25) is 5.88 Å². The van der Waals surface area contributed by atoms with Gasteiger partial charge in [-0.25, -0.2) is 0 Å². The van der Waals surface area contributed by atoms with Gasteiger partial charge in [0.05, 0.1) is 21.8 Å². The number of nitrogens with zero attached hydrogens (tertiary/aromatic N) is 4. The van der Waals surface area contributed by atoms with E-state index in [1.807, 2.05) is 45.5 Å². The van der Waals surface area contributed by atoms with E-state index in [4.69, 9.17) is 9.47 Å². The molecule has 0 amide bonds. The molecule has 8 nitrogen and oxygen atoms in total. The Bertz CT molecular complexity index is 1010. The molecular formula is C29H52N4O4S. The van der Waals surface area contributed by atoms with Crippen LogP contribution in [-0.2, 0) is 28.0 Å². The zero-order valence-electron chi connectivity index (χ0n) is 25.4. The monoisotopic (exact) mass is 552 g/mol. The molecule has 0 fully saturated rings. The Kier molecular flexibility index (Phi) is 11.2. The summed E-state index contributed by atoms with van der Waals surface area (Å²) in [6, 6.07) is 1.62. The molecule has 0 aliphatic heterocycles. The van der Waals surface area contributed by atoms with Gasteiger partial charge in [-0.15, -0.1) is 16.9 Å². The van der Waals surface area contributed by atoms with Gasteiger partial charge in [-0.3, -0.25) is 9.25 Å². The summed E-state index contributed by atoms with van der Waals surface area (Å²) >= 11 is 1.51. The molecule has 0 aromatic carbocycles. The highest BCUT2D eigenvalue weighted by molar-refractivity contribution is 7.99. The van der Waals surface area contributed by atoms with E-state index >= 15 is 0 Å². The first-order valence-electron chi connectivity index (χ1n) is 13.9. The average Bonchev–Trinajstić information content (AvgIpc) is 3.35. The fourth-order valence-electron chi connectivity index (χ4n) is 4.26. The Morgan fingerprint density at radius 1 is 0.895 bits per heavy atom. The predicted octanol–water partition coefficient (Wildman–Crippen LogP) is 6.78. The molecule has 0 unspecified atom stereocenters. The molecule has 0 bridgehead atoms. The van der Waals surface area contributed by atoms with Gasteiger partial charge in [0.15, 0.2) is 5.88 Å². The number of ether oxygens (including phenoxy) is 2. The summed E-state index contributed by atoms with van der Waals surface area (Å²) in [5.41, 5.74) is 0.0322. The van der Waals surface area contributed by atoms with E-state index in [9.17, 15) is 10.2 Å². The van der Waals surface area contributed by atoms with Crippen LogP contribution in [0.3, 0.4) is 0 Å². The van der Waals surface area contributed by atoms with E-state index in [2.05, 4.69) is 44.9 Å². The van der Waals surface area contributed by atoms with Crippen molar-refractivity contribution < 1.29 is 19.7 Å².